The minimum Gasteiger partial charge on any atom is -0.480 e. The molecule has 1 aliphatic rings. The van der Waals surface area contributed by atoms with E-state index in [9.17, 15) is 0 Å². The van der Waals surface area contributed by atoms with Crippen LogP contribution in [0.1, 0.15) is 37.4 Å². The molecule has 0 bridgehead atoms. The van der Waals surface area contributed by atoms with Crippen molar-refractivity contribution in [1.82, 2.24) is 10.2 Å². The summed E-state index contributed by atoms with van der Waals surface area (Å²) in [5, 5.41) is 7.96. The average Bonchev–Trinajstić information content (AvgIpc) is 3.10. The zero-order chi connectivity index (χ0) is 10.7. The van der Waals surface area contributed by atoms with Gasteiger partial charge in [0, 0.05) is 12.1 Å². The molecule has 4 nitrogen and oxygen atoms in total. The minimum atomic E-state index is 0.0176. The smallest absolute Gasteiger partial charge is 0.233 e. The lowest BCUT2D eigenvalue weighted by Crippen LogP contribution is -2.13. The van der Waals surface area contributed by atoms with Crippen LogP contribution in [-0.4, -0.2) is 17.3 Å². The number of rotatable bonds is 5. The number of methoxy groups -OCH3 is 1. The molecule has 1 fully saturated rings. The summed E-state index contributed by atoms with van der Waals surface area (Å²) in [6, 6.07) is 3.71. The fraction of sp³-hybridized carbons (Fsp3) is 0.636. The minimum absolute atomic E-state index is 0.0176. The predicted molar refractivity (Wildman–Crippen MR) is 57.5 cm³/mol. The third kappa shape index (κ3) is 2.89. The normalized spacial score (nSPS) is 17.5. The number of aromatic nitrogens is 2. The van der Waals surface area contributed by atoms with Crippen LogP contribution in [0, 0.1) is 5.92 Å². The van der Waals surface area contributed by atoms with E-state index < -0.39 is 0 Å². The van der Waals surface area contributed by atoms with Crippen LogP contribution in [0.4, 0.5) is 0 Å². The molecule has 0 amide bonds. The molecule has 82 valence electrons. The molecule has 0 spiro atoms. The fourth-order valence-electron chi connectivity index (χ4n) is 1.61. The molecule has 2 rings (SSSR count). The first-order valence-electron chi connectivity index (χ1n) is 5.43. The summed E-state index contributed by atoms with van der Waals surface area (Å²) in [5.41, 5.74) is 6.88. The van der Waals surface area contributed by atoms with E-state index in [2.05, 4.69) is 10.2 Å². The Labute approximate surface area is 89.8 Å². The second-order valence-electron chi connectivity index (χ2n) is 4.13. The summed E-state index contributed by atoms with van der Waals surface area (Å²) in [7, 11) is 1.58. The van der Waals surface area contributed by atoms with Gasteiger partial charge in [-0.25, -0.2) is 0 Å². The molecule has 15 heavy (non-hydrogen) atoms. The highest BCUT2D eigenvalue weighted by atomic mass is 16.5. The summed E-state index contributed by atoms with van der Waals surface area (Å²) >= 11 is 0. The van der Waals surface area contributed by atoms with E-state index in [1.54, 1.807) is 13.2 Å². The average molecular weight is 207 g/mol. The standard InChI is InChI=1S/C11H17N3O/c1-15-11-7-6-10(13-14-11)9(12)5-4-8-2-3-8/h6-9H,2-5,12H2,1H3. The van der Waals surface area contributed by atoms with Gasteiger partial charge in [0.25, 0.3) is 0 Å². The van der Waals surface area contributed by atoms with E-state index in [0.717, 1.165) is 18.0 Å². The van der Waals surface area contributed by atoms with Crippen molar-refractivity contribution in [1.29, 1.82) is 0 Å². The van der Waals surface area contributed by atoms with Crippen molar-refractivity contribution in [2.45, 2.75) is 31.7 Å². The van der Waals surface area contributed by atoms with Gasteiger partial charge in [0.05, 0.1) is 12.8 Å². The van der Waals surface area contributed by atoms with Crippen LogP contribution in [0.3, 0.4) is 0 Å². The van der Waals surface area contributed by atoms with Gasteiger partial charge < -0.3 is 10.5 Å². The maximum Gasteiger partial charge on any atom is 0.233 e. The SMILES string of the molecule is COc1ccc(C(N)CCC2CC2)nn1. The van der Waals surface area contributed by atoms with Crippen molar-refractivity contribution in [2.75, 3.05) is 7.11 Å². The van der Waals surface area contributed by atoms with E-state index in [1.165, 1.54) is 19.3 Å². The lowest BCUT2D eigenvalue weighted by Gasteiger charge is -2.09. The second kappa shape index (κ2) is 4.57. The summed E-state index contributed by atoms with van der Waals surface area (Å²) < 4.78 is 4.94. The maximum absolute atomic E-state index is 6.02. The van der Waals surface area contributed by atoms with Crippen molar-refractivity contribution < 1.29 is 4.74 Å². The van der Waals surface area contributed by atoms with E-state index in [0.29, 0.717) is 5.88 Å². The summed E-state index contributed by atoms with van der Waals surface area (Å²) in [6.07, 6.45) is 4.97. The Morgan fingerprint density at radius 1 is 1.47 bits per heavy atom. The molecule has 0 radical (unpaired) electrons. The number of hydrogen-bond donors (Lipinski definition) is 1. The summed E-state index contributed by atoms with van der Waals surface area (Å²) in [4.78, 5) is 0. The van der Waals surface area contributed by atoms with Gasteiger partial charge in [-0.05, 0) is 24.8 Å². The molecule has 1 atom stereocenters. The van der Waals surface area contributed by atoms with Crippen LogP contribution in [0.2, 0.25) is 0 Å². The van der Waals surface area contributed by atoms with Gasteiger partial charge in [-0.2, -0.15) is 5.10 Å². The van der Waals surface area contributed by atoms with Crippen molar-refractivity contribution in [2.24, 2.45) is 11.7 Å². The molecule has 1 aromatic heterocycles. The van der Waals surface area contributed by atoms with Gasteiger partial charge in [-0.3, -0.25) is 0 Å². The maximum atomic E-state index is 6.02. The topological polar surface area (TPSA) is 61.0 Å². The summed E-state index contributed by atoms with van der Waals surface area (Å²) in [5.74, 6) is 1.45. The molecule has 1 saturated carbocycles. The molecule has 1 unspecified atom stereocenters. The highest BCUT2D eigenvalue weighted by Gasteiger charge is 2.22. The van der Waals surface area contributed by atoms with E-state index >= 15 is 0 Å². The van der Waals surface area contributed by atoms with Gasteiger partial charge in [0.2, 0.25) is 5.88 Å². The van der Waals surface area contributed by atoms with Crippen LogP contribution in [0.15, 0.2) is 12.1 Å². The first-order chi connectivity index (χ1) is 7.29. The zero-order valence-electron chi connectivity index (χ0n) is 9.02. The van der Waals surface area contributed by atoms with E-state index in [1.807, 2.05) is 6.07 Å². The van der Waals surface area contributed by atoms with Gasteiger partial charge in [-0.15, -0.1) is 5.10 Å². The Balaban J connectivity index is 1.88. The summed E-state index contributed by atoms with van der Waals surface area (Å²) in [6.45, 7) is 0. The van der Waals surface area contributed by atoms with Gasteiger partial charge in [0.15, 0.2) is 0 Å². The number of nitrogens with zero attached hydrogens (tertiary/aromatic N) is 2. The van der Waals surface area contributed by atoms with Crippen LogP contribution >= 0.6 is 0 Å². The zero-order valence-corrected chi connectivity index (χ0v) is 9.02. The third-order valence-electron chi connectivity index (χ3n) is 2.83. The van der Waals surface area contributed by atoms with Gasteiger partial charge >= 0.3 is 0 Å². The van der Waals surface area contributed by atoms with Crippen LogP contribution in [-0.2, 0) is 0 Å². The Kier molecular flexibility index (Phi) is 3.16. The number of ether oxygens (including phenoxy) is 1. The Morgan fingerprint density at radius 3 is 2.80 bits per heavy atom. The van der Waals surface area contributed by atoms with Crippen molar-refractivity contribution >= 4 is 0 Å². The molecule has 1 aliphatic carbocycles. The molecule has 4 heteroatoms. The highest BCUT2D eigenvalue weighted by Crippen LogP contribution is 2.35. The Bertz CT molecular complexity index is 308. The fourth-order valence-corrected chi connectivity index (χ4v) is 1.61. The van der Waals surface area contributed by atoms with Gasteiger partial charge in [-0.1, -0.05) is 12.8 Å². The quantitative estimate of drug-likeness (QED) is 0.798. The van der Waals surface area contributed by atoms with Crippen LogP contribution < -0.4 is 10.5 Å². The first-order valence-corrected chi connectivity index (χ1v) is 5.43. The molecular formula is C11H17N3O. The van der Waals surface area contributed by atoms with E-state index in [-0.39, 0.29) is 6.04 Å². The lowest BCUT2D eigenvalue weighted by atomic mass is 10.1. The molecule has 0 aliphatic heterocycles. The van der Waals surface area contributed by atoms with Crippen molar-refractivity contribution in [3.8, 4) is 5.88 Å². The lowest BCUT2D eigenvalue weighted by molar-refractivity contribution is 0.390. The van der Waals surface area contributed by atoms with Crippen molar-refractivity contribution in [3.63, 3.8) is 0 Å². The Hall–Kier alpha value is -1.16. The predicted octanol–water partition coefficient (Wildman–Crippen LogP) is 1.68. The van der Waals surface area contributed by atoms with Crippen LogP contribution in [0.5, 0.6) is 5.88 Å². The first kappa shape index (κ1) is 10.4. The molecule has 1 aromatic rings. The Morgan fingerprint density at radius 2 is 2.27 bits per heavy atom. The number of nitrogens with two attached hydrogens (primary N) is 1. The largest absolute Gasteiger partial charge is 0.480 e. The number of hydrogen-bond acceptors (Lipinski definition) is 4. The molecule has 2 N–H and O–H groups in total. The van der Waals surface area contributed by atoms with E-state index in [4.69, 9.17) is 10.5 Å². The monoisotopic (exact) mass is 207 g/mol. The second-order valence-corrected chi connectivity index (χ2v) is 4.13. The molecule has 1 heterocycles. The molecule has 0 aromatic carbocycles. The molecular weight excluding hydrogens is 190 g/mol. The molecule has 0 saturated heterocycles. The van der Waals surface area contributed by atoms with Gasteiger partial charge in [0.1, 0.15) is 0 Å². The third-order valence-corrected chi connectivity index (χ3v) is 2.83. The van der Waals surface area contributed by atoms with Crippen LogP contribution in [0.25, 0.3) is 0 Å². The van der Waals surface area contributed by atoms with Crippen molar-refractivity contribution in [3.05, 3.63) is 17.8 Å². The highest BCUT2D eigenvalue weighted by molar-refractivity contribution is 5.13.